The molecule has 2 N–H and O–H groups in total. The molecule has 5 nitrogen and oxygen atoms in total. The average molecular weight is 354 g/mol. The number of nitrogens with zero attached hydrogens (tertiary/aromatic N) is 3. The van der Waals surface area contributed by atoms with E-state index in [0.717, 1.165) is 17.4 Å². The molecular weight excluding hydrogens is 333 g/mol. The van der Waals surface area contributed by atoms with Crippen LogP contribution in [-0.2, 0) is 6.18 Å². The quantitative estimate of drug-likeness (QED) is 0.921. The number of hydrogen-bond acceptors (Lipinski definition) is 3. The van der Waals surface area contributed by atoms with Gasteiger partial charge in [-0.15, -0.1) is 0 Å². The maximum Gasteiger partial charge on any atom is 0.449 e. The molecule has 0 spiro atoms. The summed E-state index contributed by atoms with van der Waals surface area (Å²) in [5.74, 6) is -1.15. The van der Waals surface area contributed by atoms with E-state index in [-0.39, 0.29) is 17.5 Å². The SMILES string of the molecule is CC(C)n1c(C(F)(F)F)nc2cc(C(=O)N3CCCC3CN)ccc21. The Bertz CT molecular complexity index is 797. The molecule has 2 aromatic rings. The fourth-order valence-electron chi connectivity index (χ4n) is 3.47. The minimum Gasteiger partial charge on any atom is -0.334 e. The fraction of sp³-hybridized carbons (Fsp3) is 0.529. The van der Waals surface area contributed by atoms with E-state index in [1.807, 2.05) is 0 Å². The van der Waals surface area contributed by atoms with Crippen molar-refractivity contribution in [2.75, 3.05) is 13.1 Å². The Kier molecular flexibility index (Phi) is 4.49. The average Bonchev–Trinajstić information content (AvgIpc) is 3.16. The molecule has 3 rings (SSSR count). The summed E-state index contributed by atoms with van der Waals surface area (Å²) in [7, 11) is 0. The van der Waals surface area contributed by atoms with Crippen LogP contribution in [0.3, 0.4) is 0 Å². The molecular formula is C17H21F3N4O. The van der Waals surface area contributed by atoms with Gasteiger partial charge in [-0.2, -0.15) is 13.2 Å². The van der Waals surface area contributed by atoms with Gasteiger partial charge in [0.25, 0.3) is 5.91 Å². The van der Waals surface area contributed by atoms with Gasteiger partial charge in [0.2, 0.25) is 5.82 Å². The molecule has 0 bridgehead atoms. The Balaban J connectivity index is 2.05. The number of rotatable bonds is 3. The second-order valence-electron chi connectivity index (χ2n) is 6.63. The van der Waals surface area contributed by atoms with Gasteiger partial charge >= 0.3 is 6.18 Å². The first kappa shape index (κ1) is 17.7. The van der Waals surface area contributed by atoms with Crippen LogP contribution in [-0.4, -0.2) is 39.5 Å². The van der Waals surface area contributed by atoms with Crippen molar-refractivity contribution in [2.45, 2.75) is 44.9 Å². The van der Waals surface area contributed by atoms with Crippen LogP contribution in [0.4, 0.5) is 13.2 Å². The summed E-state index contributed by atoms with van der Waals surface area (Å²) >= 11 is 0. The number of benzene rings is 1. The number of imidazole rings is 1. The highest BCUT2D eigenvalue weighted by Gasteiger charge is 2.38. The second-order valence-corrected chi connectivity index (χ2v) is 6.63. The molecule has 2 heterocycles. The zero-order chi connectivity index (χ0) is 18.4. The molecule has 1 aliphatic heterocycles. The van der Waals surface area contributed by atoms with E-state index >= 15 is 0 Å². The van der Waals surface area contributed by atoms with Crippen molar-refractivity contribution < 1.29 is 18.0 Å². The molecule has 0 aliphatic carbocycles. The number of carbonyl (C=O) groups is 1. The molecule has 1 aliphatic rings. The third kappa shape index (κ3) is 3.10. The number of alkyl halides is 3. The number of hydrogen-bond donors (Lipinski definition) is 1. The van der Waals surface area contributed by atoms with E-state index in [1.165, 1.54) is 6.07 Å². The zero-order valence-electron chi connectivity index (χ0n) is 14.2. The molecule has 25 heavy (non-hydrogen) atoms. The van der Waals surface area contributed by atoms with Crippen molar-refractivity contribution in [3.63, 3.8) is 0 Å². The lowest BCUT2D eigenvalue weighted by Gasteiger charge is -2.23. The van der Waals surface area contributed by atoms with Crippen molar-refractivity contribution in [2.24, 2.45) is 5.73 Å². The van der Waals surface area contributed by atoms with Crippen molar-refractivity contribution in [1.29, 1.82) is 0 Å². The highest BCUT2D eigenvalue weighted by molar-refractivity contribution is 5.97. The number of amides is 1. The molecule has 1 aromatic carbocycles. The van der Waals surface area contributed by atoms with E-state index in [4.69, 9.17) is 5.73 Å². The Labute approximate surface area is 143 Å². The molecule has 1 unspecified atom stereocenters. The monoisotopic (exact) mass is 354 g/mol. The summed E-state index contributed by atoms with van der Waals surface area (Å²) in [6.45, 7) is 4.35. The maximum absolute atomic E-state index is 13.3. The van der Waals surface area contributed by atoms with Crippen molar-refractivity contribution in [3.8, 4) is 0 Å². The number of nitrogens with two attached hydrogens (primary N) is 1. The highest BCUT2D eigenvalue weighted by atomic mass is 19.4. The van der Waals surface area contributed by atoms with Crippen molar-refractivity contribution in [3.05, 3.63) is 29.6 Å². The van der Waals surface area contributed by atoms with Gasteiger partial charge in [0.1, 0.15) is 0 Å². The van der Waals surface area contributed by atoms with Crippen LogP contribution >= 0.6 is 0 Å². The van der Waals surface area contributed by atoms with Gasteiger partial charge in [-0.3, -0.25) is 4.79 Å². The Morgan fingerprint density at radius 2 is 2.12 bits per heavy atom. The molecule has 1 aromatic heterocycles. The van der Waals surface area contributed by atoms with Gasteiger partial charge < -0.3 is 15.2 Å². The lowest BCUT2D eigenvalue weighted by Crippen LogP contribution is -2.39. The van der Waals surface area contributed by atoms with Gasteiger partial charge in [-0.25, -0.2) is 4.98 Å². The normalized spacial score (nSPS) is 18.5. The number of halogens is 3. The summed E-state index contributed by atoms with van der Waals surface area (Å²) in [5.41, 5.74) is 6.59. The number of carbonyl (C=O) groups excluding carboxylic acids is 1. The minimum absolute atomic E-state index is 0.0119. The second kappa shape index (κ2) is 6.33. The third-order valence-corrected chi connectivity index (χ3v) is 4.62. The highest BCUT2D eigenvalue weighted by Crippen LogP contribution is 2.34. The Hall–Kier alpha value is -2.09. The van der Waals surface area contributed by atoms with Gasteiger partial charge in [-0.05, 0) is 44.9 Å². The van der Waals surface area contributed by atoms with E-state index in [9.17, 15) is 18.0 Å². The smallest absolute Gasteiger partial charge is 0.334 e. The van der Waals surface area contributed by atoms with Gasteiger partial charge in [0.05, 0.1) is 11.0 Å². The zero-order valence-corrected chi connectivity index (χ0v) is 14.2. The molecule has 1 amide bonds. The van der Waals surface area contributed by atoms with Gasteiger partial charge in [0.15, 0.2) is 0 Å². The summed E-state index contributed by atoms with van der Waals surface area (Å²) < 4.78 is 41.0. The maximum atomic E-state index is 13.3. The van der Waals surface area contributed by atoms with Crippen molar-refractivity contribution >= 4 is 16.9 Å². The molecule has 1 saturated heterocycles. The van der Waals surface area contributed by atoms with E-state index in [1.54, 1.807) is 30.9 Å². The first-order valence-electron chi connectivity index (χ1n) is 8.34. The largest absolute Gasteiger partial charge is 0.449 e. The lowest BCUT2D eigenvalue weighted by molar-refractivity contribution is -0.147. The molecule has 136 valence electrons. The predicted octanol–water partition coefficient (Wildman–Crippen LogP) is 3.20. The van der Waals surface area contributed by atoms with Crippen LogP contribution < -0.4 is 5.73 Å². The van der Waals surface area contributed by atoms with Gasteiger partial charge in [-0.1, -0.05) is 0 Å². The van der Waals surface area contributed by atoms with E-state index < -0.39 is 18.0 Å². The van der Waals surface area contributed by atoms with Crippen LogP contribution in [0.25, 0.3) is 11.0 Å². The topological polar surface area (TPSA) is 64.2 Å². The standard InChI is InChI=1S/C17H21F3N4O/c1-10(2)24-14-6-5-11(8-13(14)22-16(24)17(18,19)20)15(25)23-7-3-4-12(23)9-21/h5-6,8,10,12H,3-4,7,9,21H2,1-2H3. The predicted molar refractivity (Wildman–Crippen MR) is 88.2 cm³/mol. The summed E-state index contributed by atoms with van der Waals surface area (Å²) in [4.78, 5) is 18.2. The number of aromatic nitrogens is 2. The minimum atomic E-state index is -4.55. The number of fused-ring (bicyclic) bond motifs is 1. The number of likely N-dealkylation sites (tertiary alicyclic amines) is 1. The Morgan fingerprint density at radius 3 is 2.72 bits per heavy atom. The van der Waals surface area contributed by atoms with E-state index in [0.29, 0.717) is 24.2 Å². The van der Waals surface area contributed by atoms with Crippen LogP contribution in [0.1, 0.15) is 48.9 Å². The Morgan fingerprint density at radius 1 is 1.40 bits per heavy atom. The lowest BCUT2D eigenvalue weighted by atomic mass is 10.1. The summed E-state index contributed by atoms with van der Waals surface area (Å²) in [6.07, 6.45) is -2.81. The van der Waals surface area contributed by atoms with Crippen LogP contribution in [0.2, 0.25) is 0 Å². The van der Waals surface area contributed by atoms with Crippen LogP contribution in [0, 0.1) is 0 Å². The summed E-state index contributed by atoms with van der Waals surface area (Å²) in [6, 6.07) is 4.14. The van der Waals surface area contributed by atoms with Crippen LogP contribution in [0.15, 0.2) is 18.2 Å². The molecule has 0 saturated carbocycles. The molecule has 1 atom stereocenters. The molecule has 0 radical (unpaired) electrons. The first-order valence-corrected chi connectivity index (χ1v) is 8.34. The summed E-state index contributed by atoms with van der Waals surface area (Å²) in [5, 5.41) is 0. The van der Waals surface area contributed by atoms with E-state index in [2.05, 4.69) is 4.98 Å². The molecule has 8 heteroatoms. The third-order valence-electron chi connectivity index (χ3n) is 4.62. The molecule has 1 fully saturated rings. The van der Waals surface area contributed by atoms with Crippen molar-refractivity contribution in [1.82, 2.24) is 14.5 Å². The first-order chi connectivity index (χ1) is 11.7. The van der Waals surface area contributed by atoms with Crippen LogP contribution in [0.5, 0.6) is 0 Å². The fourth-order valence-corrected chi connectivity index (χ4v) is 3.47. The van der Waals surface area contributed by atoms with Gasteiger partial charge in [0, 0.05) is 30.7 Å².